The minimum Gasteiger partial charge on any atom is -0.370 e. The molecule has 0 aliphatic carbocycles. The van der Waals surface area contributed by atoms with Crippen LogP contribution in [0.4, 0.5) is 0 Å². The summed E-state index contributed by atoms with van der Waals surface area (Å²) in [6.07, 6.45) is 2.25. The summed E-state index contributed by atoms with van der Waals surface area (Å²) in [5.74, 6) is 0.168. The van der Waals surface area contributed by atoms with Crippen LogP contribution in [0.1, 0.15) is 19.8 Å². The second-order valence-electron chi connectivity index (χ2n) is 2.54. The third kappa shape index (κ3) is 5.66. The summed E-state index contributed by atoms with van der Waals surface area (Å²) in [6, 6.07) is 0.405. The van der Waals surface area contributed by atoms with Gasteiger partial charge in [0.2, 0.25) is 0 Å². The summed E-state index contributed by atoms with van der Waals surface area (Å²) in [6.45, 7) is 2.81. The van der Waals surface area contributed by atoms with Crippen LogP contribution in [0.5, 0.6) is 0 Å². The molecule has 0 fully saturated rings. The van der Waals surface area contributed by atoms with E-state index in [4.69, 9.17) is 11.5 Å². The number of aliphatic imine (C=N–C) groups is 1. The van der Waals surface area contributed by atoms with Crippen LogP contribution in [0.2, 0.25) is 0 Å². The first-order valence-corrected chi connectivity index (χ1v) is 3.93. The van der Waals surface area contributed by atoms with E-state index >= 15 is 0 Å². The van der Waals surface area contributed by atoms with E-state index < -0.39 is 0 Å². The molecule has 0 spiro atoms. The van der Waals surface area contributed by atoms with Gasteiger partial charge in [0.15, 0.2) is 5.96 Å². The second-order valence-corrected chi connectivity index (χ2v) is 2.54. The van der Waals surface area contributed by atoms with Gasteiger partial charge in [-0.15, -0.1) is 0 Å². The molecule has 4 nitrogen and oxygen atoms in total. The Kier molecular flexibility index (Phi) is 5.56. The Bertz CT molecular complexity index is 118. The molecule has 0 bridgehead atoms. The molecule has 0 aliphatic heterocycles. The summed E-state index contributed by atoms with van der Waals surface area (Å²) in [5, 5.41) is 3.14. The molecule has 0 aromatic rings. The molecule has 0 radical (unpaired) electrons. The number of nitrogens with one attached hydrogen (secondary N) is 1. The zero-order valence-corrected chi connectivity index (χ0v) is 7.30. The van der Waals surface area contributed by atoms with Crippen molar-refractivity contribution in [2.24, 2.45) is 16.5 Å². The Morgan fingerprint density at radius 2 is 2.18 bits per heavy atom. The molecule has 4 heteroatoms. The van der Waals surface area contributed by atoms with Crippen molar-refractivity contribution in [2.75, 3.05) is 13.6 Å². The fourth-order valence-corrected chi connectivity index (χ4v) is 0.891. The zero-order valence-electron chi connectivity index (χ0n) is 7.30. The average molecular weight is 158 g/mol. The van der Waals surface area contributed by atoms with Crippen LogP contribution in [0.15, 0.2) is 4.99 Å². The number of hydrogen-bond donors (Lipinski definition) is 3. The molecular formula is C7H18N4. The molecule has 0 unspecified atom stereocenters. The van der Waals surface area contributed by atoms with Crippen LogP contribution in [0.25, 0.3) is 0 Å². The van der Waals surface area contributed by atoms with Gasteiger partial charge in [0.25, 0.3) is 0 Å². The fourth-order valence-electron chi connectivity index (χ4n) is 0.891. The molecule has 11 heavy (non-hydrogen) atoms. The van der Waals surface area contributed by atoms with Crippen molar-refractivity contribution in [1.29, 1.82) is 0 Å². The second kappa shape index (κ2) is 5.97. The van der Waals surface area contributed by atoms with Gasteiger partial charge < -0.3 is 16.8 Å². The highest BCUT2D eigenvalue weighted by molar-refractivity contribution is 5.75. The molecular weight excluding hydrogens is 140 g/mol. The van der Waals surface area contributed by atoms with E-state index in [0.717, 1.165) is 12.8 Å². The number of hydrogen-bond acceptors (Lipinski definition) is 2. The first-order valence-electron chi connectivity index (χ1n) is 3.93. The predicted molar refractivity (Wildman–Crippen MR) is 48.4 cm³/mol. The van der Waals surface area contributed by atoms with Gasteiger partial charge >= 0.3 is 0 Å². The highest BCUT2D eigenvalue weighted by atomic mass is 15.0. The molecule has 0 heterocycles. The molecule has 0 aliphatic rings. The molecule has 5 N–H and O–H groups in total. The van der Waals surface area contributed by atoms with E-state index in [1.54, 1.807) is 0 Å². The molecule has 0 rings (SSSR count). The van der Waals surface area contributed by atoms with Gasteiger partial charge in [0.1, 0.15) is 0 Å². The molecule has 0 amide bonds. The van der Waals surface area contributed by atoms with Crippen molar-refractivity contribution in [1.82, 2.24) is 5.32 Å². The number of likely N-dealkylation sites (N-methyl/N-ethyl adjacent to an activating group) is 1. The standard InChI is InChI=1S/C7H18N4/c1-3-4-6(10-2)5-11-7(8)9/h6,10H,3-5H2,1-2H3,(H4,8,9,11)/t6-/m0/s1. The van der Waals surface area contributed by atoms with Crippen LogP contribution in [-0.4, -0.2) is 25.6 Å². The zero-order chi connectivity index (χ0) is 8.69. The van der Waals surface area contributed by atoms with Gasteiger partial charge in [0, 0.05) is 6.04 Å². The number of nitrogens with zero attached hydrogens (tertiary/aromatic N) is 1. The van der Waals surface area contributed by atoms with E-state index in [0.29, 0.717) is 12.6 Å². The van der Waals surface area contributed by atoms with Gasteiger partial charge in [0.05, 0.1) is 6.54 Å². The first kappa shape index (κ1) is 10.2. The summed E-state index contributed by atoms with van der Waals surface area (Å²) in [5.41, 5.74) is 10.4. The van der Waals surface area contributed by atoms with Crippen molar-refractivity contribution in [3.05, 3.63) is 0 Å². The summed E-state index contributed by atoms with van der Waals surface area (Å²) in [4.78, 5) is 3.92. The molecule has 0 aromatic heterocycles. The smallest absolute Gasteiger partial charge is 0.185 e. The highest BCUT2D eigenvalue weighted by Crippen LogP contribution is 1.95. The van der Waals surface area contributed by atoms with E-state index in [1.807, 2.05) is 7.05 Å². The topological polar surface area (TPSA) is 76.4 Å². The Morgan fingerprint density at radius 1 is 1.55 bits per heavy atom. The Hall–Kier alpha value is -0.770. The summed E-state index contributed by atoms with van der Waals surface area (Å²) < 4.78 is 0. The van der Waals surface area contributed by atoms with Gasteiger partial charge in [-0.2, -0.15) is 0 Å². The van der Waals surface area contributed by atoms with Crippen LogP contribution >= 0.6 is 0 Å². The van der Waals surface area contributed by atoms with Crippen molar-refractivity contribution in [3.63, 3.8) is 0 Å². The largest absolute Gasteiger partial charge is 0.370 e. The number of guanidine groups is 1. The SMILES string of the molecule is CCC[C@@H](CN=C(N)N)NC. The fraction of sp³-hybridized carbons (Fsp3) is 0.857. The minimum absolute atomic E-state index is 0.168. The third-order valence-electron chi connectivity index (χ3n) is 1.54. The van der Waals surface area contributed by atoms with E-state index in [-0.39, 0.29) is 5.96 Å². The summed E-state index contributed by atoms with van der Waals surface area (Å²) in [7, 11) is 1.92. The average Bonchev–Trinajstić information content (AvgIpc) is 1.97. The highest BCUT2D eigenvalue weighted by Gasteiger charge is 2.01. The Balaban J connectivity index is 3.60. The Labute approximate surface area is 68.1 Å². The van der Waals surface area contributed by atoms with E-state index in [1.165, 1.54) is 0 Å². The lowest BCUT2D eigenvalue weighted by Gasteiger charge is -2.11. The van der Waals surface area contributed by atoms with Crippen molar-refractivity contribution >= 4 is 5.96 Å². The molecule has 66 valence electrons. The van der Waals surface area contributed by atoms with Gasteiger partial charge in [-0.1, -0.05) is 13.3 Å². The normalized spacial score (nSPS) is 12.5. The molecule has 0 saturated carbocycles. The van der Waals surface area contributed by atoms with Gasteiger partial charge in [-0.05, 0) is 13.5 Å². The molecule has 1 atom stereocenters. The lowest BCUT2D eigenvalue weighted by molar-refractivity contribution is 0.526. The maximum absolute atomic E-state index is 5.19. The molecule has 0 aromatic carbocycles. The minimum atomic E-state index is 0.168. The van der Waals surface area contributed by atoms with Crippen molar-refractivity contribution < 1.29 is 0 Å². The van der Waals surface area contributed by atoms with Crippen LogP contribution in [0.3, 0.4) is 0 Å². The Morgan fingerprint density at radius 3 is 2.55 bits per heavy atom. The van der Waals surface area contributed by atoms with Gasteiger partial charge in [-0.3, -0.25) is 4.99 Å². The van der Waals surface area contributed by atoms with E-state index in [2.05, 4.69) is 17.2 Å². The molecule has 0 saturated heterocycles. The lowest BCUT2D eigenvalue weighted by Crippen LogP contribution is -2.31. The number of nitrogens with two attached hydrogens (primary N) is 2. The monoisotopic (exact) mass is 158 g/mol. The predicted octanol–water partition coefficient (Wildman–Crippen LogP) is -0.352. The maximum Gasteiger partial charge on any atom is 0.185 e. The lowest BCUT2D eigenvalue weighted by atomic mass is 10.2. The number of rotatable bonds is 5. The van der Waals surface area contributed by atoms with E-state index in [9.17, 15) is 0 Å². The maximum atomic E-state index is 5.19. The third-order valence-corrected chi connectivity index (χ3v) is 1.54. The van der Waals surface area contributed by atoms with Crippen molar-refractivity contribution in [2.45, 2.75) is 25.8 Å². The van der Waals surface area contributed by atoms with Crippen LogP contribution in [0, 0.1) is 0 Å². The van der Waals surface area contributed by atoms with Crippen LogP contribution in [-0.2, 0) is 0 Å². The first-order chi connectivity index (χ1) is 5.20. The van der Waals surface area contributed by atoms with Crippen LogP contribution < -0.4 is 16.8 Å². The summed E-state index contributed by atoms with van der Waals surface area (Å²) >= 11 is 0. The van der Waals surface area contributed by atoms with Gasteiger partial charge in [-0.25, -0.2) is 0 Å². The van der Waals surface area contributed by atoms with Crippen molar-refractivity contribution in [3.8, 4) is 0 Å². The quantitative estimate of drug-likeness (QED) is 0.378.